The zero-order valence-corrected chi connectivity index (χ0v) is 13.5. The minimum absolute atomic E-state index is 0.255. The van der Waals surface area contributed by atoms with Crippen LogP contribution in [0, 0.1) is 0 Å². The van der Waals surface area contributed by atoms with E-state index in [0.717, 1.165) is 19.6 Å². The summed E-state index contributed by atoms with van der Waals surface area (Å²) in [6.07, 6.45) is 7.20. The lowest BCUT2D eigenvalue weighted by Crippen LogP contribution is -2.54. The van der Waals surface area contributed by atoms with Crippen LogP contribution in [-0.4, -0.2) is 40.4 Å². The van der Waals surface area contributed by atoms with Crippen LogP contribution >= 0.6 is 0 Å². The van der Waals surface area contributed by atoms with Gasteiger partial charge in [0.1, 0.15) is 0 Å². The van der Waals surface area contributed by atoms with E-state index in [-0.39, 0.29) is 5.54 Å². The molecule has 0 aliphatic heterocycles. The Bertz CT molecular complexity index is 402. The van der Waals surface area contributed by atoms with E-state index in [2.05, 4.69) is 53.9 Å². The van der Waals surface area contributed by atoms with Crippen molar-refractivity contribution in [1.29, 1.82) is 0 Å². The highest BCUT2D eigenvalue weighted by Crippen LogP contribution is 2.44. The fourth-order valence-electron chi connectivity index (χ4n) is 4.17. The standard InChI is InChI=1S/C16H30N4/c1-5-19(6-2)16(11-8-9-12-16)15(17-4)14-10-13-18-20(14)7-3/h10,13,15,17H,5-9,11-12H2,1-4H3. The van der Waals surface area contributed by atoms with Gasteiger partial charge in [-0.05, 0) is 46.0 Å². The lowest BCUT2D eigenvalue weighted by Gasteiger charge is -2.46. The van der Waals surface area contributed by atoms with Gasteiger partial charge in [0.15, 0.2) is 0 Å². The fraction of sp³-hybridized carbons (Fsp3) is 0.812. The minimum Gasteiger partial charge on any atom is -0.310 e. The zero-order valence-electron chi connectivity index (χ0n) is 13.5. The number of hydrogen-bond donors (Lipinski definition) is 1. The quantitative estimate of drug-likeness (QED) is 0.832. The number of aromatic nitrogens is 2. The average Bonchev–Trinajstić information content (AvgIpc) is 3.11. The van der Waals surface area contributed by atoms with E-state index in [4.69, 9.17) is 0 Å². The van der Waals surface area contributed by atoms with Gasteiger partial charge in [-0.1, -0.05) is 26.7 Å². The molecule has 0 saturated heterocycles. The smallest absolute Gasteiger partial charge is 0.0676 e. The molecule has 1 saturated carbocycles. The summed E-state index contributed by atoms with van der Waals surface area (Å²) in [4.78, 5) is 2.66. The van der Waals surface area contributed by atoms with Crippen molar-refractivity contribution in [1.82, 2.24) is 20.0 Å². The summed E-state index contributed by atoms with van der Waals surface area (Å²) < 4.78 is 2.14. The predicted octanol–water partition coefficient (Wildman–Crippen LogP) is 2.82. The summed E-state index contributed by atoms with van der Waals surface area (Å²) >= 11 is 0. The van der Waals surface area contributed by atoms with Crippen LogP contribution in [0.2, 0.25) is 0 Å². The van der Waals surface area contributed by atoms with Gasteiger partial charge in [-0.2, -0.15) is 5.10 Å². The third kappa shape index (κ3) is 2.51. The molecule has 1 aliphatic carbocycles. The molecule has 1 aliphatic rings. The molecule has 1 fully saturated rings. The minimum atomic E-state index is 0.255. The third-order valence-electron chi connectivity index (χ3n) is 5.03. The Kier molecular flexibility index (Phi) is 5.22. The lowest BCUT2D eigenvalue weighted by atomic mass is 9.83. The van der Waals surface area contributed by atoms with Crippen LogP contribution in [0.5, 0.6) is 0 Å². The summed E-state index contributed by atoms with van der Waals surface area (Å²) in [6, 6.07) is 2.56. The fourth-order valence-corrected chi connectivity index (χ4v) is 4.17. The molecule has 1 unspecified atom stereocenters. The Hall–Kier alpha value is -0.870. The van der Waals surface area contributed by atoms with Gasteiger partial charge < -0.3 is 5.32 Å². The summed E-state index contributed by atoms with van der Waals surface area (Å²) in [5.74, 6) is 0. The van der Waals surface area contributed by atoms with Crippen molar-refractivity contribution in [3.05, 3.63) is 18.0 Å². The highest BCUT2D eigenvalue weighted by Gasteiger charge is 2.45. The summed E-state index contributed by atoms with van der Waals surface area (Å²) in [7, 11) is 2.10. The summed E-state index contributed by atoms with van der Waals surface area (Å²) in [6.45, 7) is 9.92. The van der Waals surface area contributed by atoms with Crippen molar-refractivity contribution in [3.63, 3.8) is 0 Å². The van der Waals surface area contributed by atoms with Crippen molar-refractivity contribution in [2.75, 3.05) is 20.1 Å². The van der Waals surface area contributed by atoms with Gasteiger partial charge in [-0.3, -0.25) is 9.58 Å². The van der Waals surface area contributed by atoms with Crippen LogP contribution in [0.3, 0.4) is 0 Å². The van der Waals surface area contributed by atoms with Crippen molar-refractivity contribution in [3.8, 4) is 0 Å². The molecule has 1 heterocycles. The van der Waals surface area contributed by atoms with Crippen LogP contribution < -0.4 is 5.32 Å². The number of likely N-dealkylation sites (N-methyl/N-ethyl adjacent to an activating group) is 2. The van der Waals surface area contributed by atoms with Gasteiger partial charge in [0.2, 0.25) is 0 Å². The van der Waals surface area contributed by atoms with E-state index in [1.54, 1.807) is 0 Å². The SMILES string of the molecule is CCN(CC)C1(C(NC)c2ccnn2CC)CCCC1. The van der Waals surface area contributed by atoms with Crippen molar-refractivity contribution >= 4 is 0 Å². The second-order valence-electron chi connectivity index (χ2n) is 5.78. The van der Waals surface area contributed by atoms with E-state index in [1.165, 1.54) is 31.4 Å². The molecule has 0 bridgehead atoms. The first-order valence-electron chi connectivity index (χ1n) is 8.17. The van der Waals surface area contributed by atoms with Gasteiger partial charge in [-0.15, -0.1) is 0 Å². The molecule has 1 atom stereocenters. The maximum Gasteiger partial charge on any atom is 0.0676 e. The highest BCUT2D eigenvalue weighted by molar-refractivity contribution is 5.17. The van der Waals surface area contributed by atoms with Gasteiger partial charge >= 0.3 is 0 Å². The van der Waals surface area contributed by atoms with Crippen molar-refractivity contribution < 1.29 is 0 Å². The molecule has 114 valence electrons. The summed E-state index contributed by atoms with van der Waals surface area (Å²) in [5.41, 5.74) is 1.59. The second kappa shape index (κ2) is 6.72. The Labute approximate surface area is 123 Å². The Morgan fingerprint density at radius 2 is 1.95 bits per heavy atom. The van der Waals surface area contributed by atoms with E-state index >= 15 is 0 Å². The Morgan fingerprint density at radius 1 is 1.30 bits per heavy atom. The molecular weight excluding hydrogens is 248 g/mol. The van der Waals surface area contributed by atoms with E-state index in [0.29, 0.717) is 6.04 Å². The predicted molar refractivity (Wildman–Crippen MR) is 83.8 cm³/mol. The molecule has 1 aromatic heterocycles. The van der Waals surface area contributed by atoms with Gasteiger partial charge in [0.05, 0.1) is 11.7 Å². The van der Waals surface area contributed by atoms with Gasteiger partial charge in [-0.25, -0.2) is 0 Å². The number of nitrogens with one attached hydrogen (secondary N) is 1. The monoisotopic (exact) mass is 278 g/mol. The first-order valence-corrected chi connectivity index (χ1v) is 8.17. The van der Waals surface area contributed by atoms with E-state index in [1.807, 2.05) is 6.20 Å². The normalized spacial score (nSPS) is 19.6. The number of hydrogen-bond acceptors (Lipinski definition) is 3. The maximum absolute atomic E-state index is 4.48. The van der Waals surface area contributed by atoms with E-state index in [9.17, 15) is 0 Å². The Balaban J connectivity index is 2.40. The maximum atomic E-state index is 4.48. The van der Waals surface area contributed by atoms with Crippen molar-refractivity contribution in [2.24, 2.45) is 0 Å². The van der Waals surface area contributed by atoms with Gasteiger partial charge in [0, 0.05) is 18.3 Å². The number of rotatable bonds is 7. The average molecular weight is 278 g/mol. The molecule has 4 nitrogen and oxygen atoms in total. The molecular formula is C16H30N4. The number of aryl methyl sites for hydroxylation is 1. The molecule has 0 amide bonds. The molecule has 1 aromatic rings. The molecule has 2 rings (SSSR count). The lowest BCUT2D eigenvalue weighted by molar-refractivity contribution is 0.0623. The first-order chi connectivity index (χ1) is 9.73. The van der Waals surface area contributed by atoms with Gasteiger partial charge in [0.25, 0.3) is 0 Å². The van der Waals surface area contributed by atoms with Crippen molar-refractivity contribution in [2.45, 2.75) is 64.6 Å². The van der Waals surface area contributed by atoms with Crippen LogP contribution in [-0.2, 0) is 6.54 Å². The second-order valence-corrected chi connectivity index (χ2v) is 5.78. The molecule has 4 heteroatoms. The topological polar surface area (TPSA) is 33.1 Å². The van der Waals surface area contributed by atoms with E-state index < -0.39 is 0 Å². The number of nitrogens with zero attached hydrogens (tertiary/aromatic N) is 3. The molecule has 20 heavy (non-hydrogen) atoms. The largest absolute Gasteiger partial charge is 0.310 e. The third-order valence-corrected chi connectivity index (χ3v) is 5.03. The van der Waals surface area contributed by atoms with Crippen LogP contribution in [0.25, 0.3) is 0 Å². The Morgan fingerprint density at radius 3 is 2.45 bits per heavy atom. The van der Waals surface area contributed by atoms with Crippen LogP contribution in [0.1, 0.15) is 58.2 Å². The summed E-state index contributed by atoms with van der Waals surface area (Å²) in [5, 5.41) is 8.08. The molecule has 0 radical (unpaired) electrons. The molecule has 1 N–H and O–H groups in total. The molecule has 0 aromatic carbocycles. The van der Waals surface area contributed by atoms with Crippen LogP contribution in [0.4, 0.5) is 0 Å². The first kappa shape index (κ1) is 15.5. The highest BCUT2D eigenvalue weighted by atomic mass is 15.3. The zero-order chi connectivity index (χ0) is 14.6. The molecule has 0 spiro atoms. The van der Waals surface area contributed by atoms with Crippen LogP contribution in [0.15, 0.2) is 12.3 Å².